The zero-order valence-corrected chi connectivity index (χ0v) is 18.3. The number of hydrogen-bond acceptors (Lipinski definition) is 5. The molecule has 1 N–H and O–H groups in total. The molecule has 0 unspecified atom stereocenters. The third-order valence-corrected chi connectivity index (χ3v) is 8.07. The normalized spacial score (nSPS) is 16.8. The van der Waals surface area contributed by atoms with E-state index in [-0.39, 0.29) is 21.7 Å². The summed E-state index contributed by atoms with van der Waals surface area (Å²) in [6.45, 7) is 5.72. The number of sulfonamides is 1. The topological polar surface area (TPSA) is 69.7 Å². The summed E-state index contributed by atoms with van der Waals surface area (Å²) in [6.07, 6.45) is 0.782. The van der Waals surface area contributed by atoms with Crippen molar-refractivity contribution in [2.45, 2.75) is 31.2 Å². The summed E-state index contributed by atoms with van der Waals surface area (Å²) in [5.74, 6) is -0.333. The zero-order valence-electron chi connectivity index (χ0n) is 15.9. The van der Waals surface area contributed by atoms with E-state index in [0.717, 1.165) is 23.4 Å². The van der Waals surface area contributed by atoms with Gasteiger partial charge in [0, 0.05) is 42.9 Å². The molecular formula is C19H24ClN3O3S2. The first kappa shape index (κ1) is 21.1. The Hall–Kier alpha value is -1.61. The molecule has 1 aliphatic rings. The lowest BCUT2D eigenvalue weighted by molar-refractivity contribution is 0.0940. The lowest BCUT2D eigenvalue weighted by Crippen LogP contribution is -2.48. The molecule has 1 fully saturated rings. The van der Waals surface area contributed by atoms with Gasteiger partial charge in [-0.2, -0.15) is 4.31 Å². The van der Waals surface area contributed by atoms with E-state index in [1.807, 2.05) is 38.1 Å². The van der Waals surface area contributed by atoms with Crippen LogP contribution in [0.5, 0.6) is 0 Å². The van der Waals surface area contributed by atoms with Crippen molar-refractivity contribution in [1.29, 1.82) is 0 Å². The highest BCUT2D eigenvalue weighted by Crippen LogP contribution is 2.27. The largest absolute Gasteiger partial charge is 0.369 e. The van der Waals surface area contributed by atoms with E-state index < -0.39 is 10.0 Å². The van der Waals surface area contributed by atoms with Gasteiger partial charge in [0.1, 0.15) is 9.77 Å². The highest BCUT2D eigenvalue weighted by molar-refractivity contribution is 7.89. The second-order valence-corrected chi connectivity index (χ2v) is 10.0. The number of benzene rings is 1. The van der Waals surface area contributed by atoms with E-state index in [1.165, 1.54) is 10.4 Å². The molecule has 1 atom stereocenters. The SMILES string of the molecule is CC[C@H](C)NC(=O)c1sccc1S(=O)(=O)N1CCN(c2cccc(Cl)c2)CC1. The lowest BCUT2D eigenvalue weighted by atomic mass is 10.2. The summed E-state index contributed by atoms with van der Waals surface area (Å²) >= 11 is 7.21. The standard InChI is InChI=1S/C19H24ClN3O3S2/c1-3-14(2)21-19(24)18-17(7-12-27-18)28(25,26)23-10-8-22(9-11-23)16-6-4-5-15(20)13-16/h4-7,12-14H,3,8-11H2,1-2H3,(H,21,24)/t14-/m0/s1. The molecule has 1 saturated heterocycles. The van der Waals surface area contributed by atoms with Gasteiger partial charge in [-0.1, -0.05) is 24.6 Å². The number of anilines is 1. The van der Waals surface area contributed by atoms with Crippen LogP contribution in [-0.2, 0) is 10.0 Å². The molecule has 6 nitrogen and oxygen atoms in total. The fourth-order valence-corrected chi connectivity index (χ4v) is 5.97. The van der Waals surface area contributed by atoms with Crippen LogP contribution in [0.1, 0.15) is 29.9 Å². The predicted octanol–water partition coefficient (Wildman–Crippen LogP) is 3.44. The maximum absolute atomic E-state index is 13.1. The average Bonchev–Trinajstić information content (AvgIpc) is 3.19. The van der Waals surface area contributed by atoms with Crippen molar-refractivity contribution < 1.29 is 13.2 Å². The molecule has 1 aromatic carbocycles. The van der Waals surface area contributed by atoms with Gasteiger partial charge in [-0.3, -0.25) is 4.79 Å². The van der Waals surface area contributed by atoms with Gasteiger partial charge in [-0.15, -0.1) is 11.3 Å². The molecule has 0 radical (unpaired) electrons. The molecule has 1 aliphatic heterocycles. The van der Waals surface area contributed by atoms with Crippen LogP contribution in [0.3, 0.4) is 0 Å². The monoisotopic (exact) mass is 441 g/mol. The summed E-state index contributed by atoms with van der Waals surface area (Å²) in [7, 11) is -3.72. The Morgan fingerprint density at radius 2 is 1.96 bits per heavy atom. The number of halogens is 1. The van der Waals surface area contributed by atoms with Crippen LogP contribution in [-0.4, -0.2) is 50.9 Å². The Bertz CT molecular complexity index is 937. The van der Waals surface area contributed by atoms with Crippen molar-refractivity contribution in [2.75, 3.05) is 31.1 Å². The second-order valence-electron chi connectivity index (χ2n) is 6.77. The number of nitrogens with one attached hydrogen (secondary N) is 1. The maximum Gasteiger partial charge on any atom is 0.262 e. The Labute approximate surface area is 175 Å². The average molecular weight is 442 g/mol. The minimum atomic E-state index is -3.72. The Morgan fingerprint density at radius 1 is 1.25 bits per heavy atom. The third kappa shape index (κ3) is 4.51. The zero-order chi connectivity index (χ0) is 20.3. The fraction of sp³-hybridized carbons (Fsp3) is 0.421. The predicted molar refractivity (Wildman–Crippen MR) is 114 cm³/mol. The van der Waals surface area contributed by atoms with Gasteiger partial charge in [-0.25, -0.2) is 8.42 Å². The van der Waals surface area contributed by atoms with Gasteiger partial charge in [-0.05, 0) is 43.0 Å². The number of rotatable bonds is 6. The minimum Gasteiger partial charge on any atom is -0.369 e. The smallest absolute Gasteiger partial charge is 0.262 e. The number of nitrogens with zero attached hydrogens (tertiary/aromatic N) is 2. The first-order chi connectivity index (χ1) is 13.3. The molecule has 2 heterocycles. The highest BCUT2D eigenvalue weighted by Gasteiger charge is 2.32. The van der Waals surface area contributed by atoms with Crippen molar-refractivity contribution in [2.24, 2.45) is 0 Å². The molecule has 0 bridgehead atoms. The van der Waals surface area contributed by atoms with Gasteiger partial charge >= 0.3 is 0 Å². The summed E-state index contributed by atoms with van der Waals surface area (Å²) in [5.41, 5.74) is 0.980. The molecule has 3 rings (SSSR count). The summed E-state index contributed by atoms with van der Waals surface area (Å²) in [5, 5.41) is 5.16. The van der Waals surface area contributed by atoms with Crippen LogP contribution in [0.15, 0.2) is 40.6 Å². The molecule has 2 aromatic rings. The van der Waals surface area contributed by atoms with Gasteiger partial charge in [0.05, 0.1) is 0 Å². The van der Waals surface area contributed by atoms with Gasteiger partial charge < -0.3 is 10.2 Å². The van der Waals surface area contributed by atoms with E-state index in [9.17, 15) is 13.2 Å². The van der Waals surface area contributed by atoms with E-state index >= 15 is 0 Å². The molecule has 0 spiro atoms. The third-order valence-electron chi connectivity index (χ3n) is 4.86. The van der Waals surface area contributed by atoms with Crippen LogP contribution in [0.25, 0.3) is 0 Å². The number of carbonyl (C=O) groups is 1. The Morgan fingerprint density at radius 3 is 2.61 bits per heavy atom. The summed E-state index contributed by atoms with van der Waals surface area (Å²) < 4.78 is 27.7. The Balaban J connectivity index is 1.73. The molecule has 152 valence electrons. The minimum absolute atomic E-state index is 0.00797. The van der Waals surface area contributed by atoms with Crippen molar-refractivity contribution in [1.82, 2.24) is 9.62 Å². The number of carbonyl (C=O) groups excluding carboxylic acids is 1. The quantitative estimate of drug-likeness (QED) is 0.745. The Kier molecular flexibility index (Phi) is 6.65. The van der Waals surface area contributed by atoms with E-state index in [4.69, 9.17) is 11.6 Å². The van der Waals surface area contributed by atoms with Crippen molar-refractivity contribution >= 4 is 44.6 Å². The number of thiophene rings is 1. The summed E-state index contributed by atoms with van der Waals surface area (Å²) in [6, 6.07) is 9.05. The highest BCUT2D eigenvalue weighted by atomic mass is 35.5. The molecule has 28 heavy (non-hydrogen) atoms. The van der Waals surface area contributed by atoms with Crippen LogP contribution in [0, 0.1) is 0 Å². The number of amides is 1. The van der Waals surface area contributed by atoms with Crippen molar-refractivity contribution in [3.05, 3.63) is 45.6 Å². The van der Waals surface area contributed by atoms with Gasteiger partial charge in [0.2, 0.25) is 10.0 Å². The first-order valence-electron chi connectivity index (χ1n) is 9.22. The van der Waals surface area contributed by atoms with Crippen molar-refractivity contribution in [3.63, 3.8) is 0 Å². The molecule has 9 heteroatoms. The van der Waals surface area contributed by atoms with Crippen LogP contribution in [0.2, 0.25) is 5.02 Å². The van der Waals surface area contributed by atoms with Crippen LogP contribution >= 0.6 is 22.9 Å². The lowest BCUT2D eigenvalue weighted by Gasteiger charge is -2.35. The van der Waals surface area contributed by atoms with Gasteiger partial charge in [0.15, 0.2) is 0 Å². The number of hydrogen-bond donors (Lipinski definition) is 1. The first-order valence-corrected chi connectivity index (χ1v) is 11.9. The molecular weight excluding hydrogens is 418 g/mol. The second kappa shape index (κ2) is 8.82. The van der Waals surface area contributed by atoms with Crippen LogP contribution < -0.4 is 10.2 Å². The molecule has 0 aliphatic carbocycles. The van der Waals surface area contributed by atoms with Crippen LogP contribution in [0.4, 0.5) is 5.69 Å². The maximum atomic E-state index is 13.1. The fourth-order valence-electron chi connectivity index (χ4n) is 3.06. The molecule has 0 saturated carbocycles. The molecule has 1 amide bonds. The van der Waals surface area contributed by atoms with E-state index in [2.05, 4.69) is 10.2 Å². The van der Waals surface area contributed by atoms with Crippen molar-refractivity contribution in [3.8, 4) is 0 Å². The summed E-state index contributed by atoms with van der Waals surface area (Å²) in [4.78, 5) is 14.9. The van der Waals surface area contributed by atoms with E-state index in [0.29, 0.717) is 31.2 Å². The van der Waals surface area contributed by atoms with Gasteiger partial charge in [0.25, 0.3) is 5.91 Å². The molecule has 1 aromatic heterocycles. The van der Waals surface area contributed by atoms with E-state index in [1.54, 1.807) is 5.38 Å². The number of piperazine rings is 1.